The minimum Gasteiger partial charge on any atom is -0.373 e. The number of nitrogens with zero attached hydrogens (tertiary/aromatic N) is 2. The summed E-state index contributed by atoms with van der Waals surface area (Å²) in [6.45, 7) is 3.22. The lowest BCUT2D eigenvalue weighted by atomic mass is 10.4. The van der Waals surface area contributed by atoms with E-state index >= 15 is 0 Å². The Kier molecular flexibility index (Phi) is 2.34. The fourth-order valence-electron chi connectivity index (χ4n) is 1.17. The third kappa shape index (κ3) is 1.45. The quantitative estimate of drug-likeness (QED) is 0.618. The lowest BCUT2D eigenvalue weighted by Gasteiger charge is -2.20. The van der Waals surface area contributed by atoms with E-state index in [1.165, 1.54) is 4.90 Å². The van der Waals surface area contributed by atoms with Crippen LogP contribution in [0.1, 0.15) is 13.3 Å². The Morgan fingerprint density at radius 3 is 2.64 bits per heavy atom. The zero-order valence-corrected chi connectivity index (χ0v) is 6.95. The Morgan fingerprint density at radius 1 is 1.64 bits per heavy atom. The SMILES string of the molecule is CCC(O)N1CCN(C)C1=O. The van der Waals surface area contributed by atoms with Gasteiger partial charge in [0.2, 0.25) is 0 Å². The number of likely N-dealkylation sites (N-methyl/N-ethyl adjacent to an activating group) is 1. The van der Waals surface area contributed by atoms with Gasteiger partial charge in [-0.25, -0.2) is 4.79 Å². The van der Waals surface area contributed by atoms with Crippen molar-refractivity contribution in [2.45, 2.75) is 19.6 Å². The molecule has 4 heteroatoms. The molecule has 11 heavy (non-hydrogen) atoms. The third-order valence-electron chi connectivity index (χ3n) is 1.97. The Bertz CT molecular complexity index is 161. The standard InChI is InChI=1S/C7H14N2O2/c1-3-6(10)9-5-4-8(2)7(9)11/h6,10H,3-5H2,1-2H3. The molecule has 1 atom stereocenters. The topological polar surface area (TPSA) is 43.8 Å². The van der Waals surface area contributed by atoms with Crippen LogP contribution in [0.5, 0.6) is 0 Å². The maximum absolute atomic E-state index is 11.2. The predicted molar refractivity (Wildman–Crippen MR) is 41.0 cm³/mol. The molecule has 1 aliphatic heterocycles. The molecule has 0 spiro atoms. The lowest BCUT2D eigenvalue weighted by Crippen LogP contribution is -2.37. The number of rotatable bonds is 2. The molecule has 0 bridgehead atoms. The summed E-state index contributed by atoms with van der Waals surface area (Å²) in [6, 6.07) is -0.0700. The number of carbonyl (C=O) groups is 1. The van der Waals surface area contributed by atoms with E-state index in [2.05, 4.69) is 0 Å². The summed E-state index contributed by atoms with van der Waals surface area (Å²) in [5.41, 5.74) is 0. The molecule has 0 radical (unpaired) electrons. The van der Waals surface area contributed by atoms with Crippen LogP contribution < -0.4 is 0 Å². The molecule has 64 valence electrons. The molecule has 1 aliphatic rings. The van der Waals surface area contributed by atoms with E-state index in [1.54, 1.807) is 11.9 Å². The van der Waals surface area contributed by atoms with Crippen molar-refractivity contribution in [1.82, 2.24) is 9.80 Å². The van der Waals surface area contributed by atoms with Gasteiger partial charge in [0.1, 0.15) is 6.23 Å². The highest BCUT2D eigenvalue weighted by molar-refractivity contribution is 5.76. The minimum absolute atomic E-state index is 0.0700. The van der Waals surface area contributed by atoms with Crippen molar-refractivity contribution in [3.8, 4) is 0 Å². The summed E-state index contributed by atoms with van der Waals surface area (Å²) in [7, 11) is 1.74. The minimum atomic E-state index is -0.604. The first-order valence-corrected chi connectivity index (χ1v) is 3.86. The number of hydrogen-bond acceptors (Lipinski definition) is 2. The second kappa shape index (κ2) is 3.09. The number of aliphatic hydroxyl groups excluding tert-OH is 1. The Balaban J connectivity index is 2.54. The monoisotopic (exact) mass is 158 g/mol. The number of hydrogen-bond donors (Lipinski definition) is 1. The summed E-state index contributed by atoms with van der Waals surface area (Å²) in [5.74, 6) is 0. The smallest absolute Gasteiger partial charge is 0.321 e. The van der Waals surface area contributed by atoms with Gasteiger partial charge in [0, 0.05) is 20.1 Å². The summed E-state index contributed by atoms with van der Waals surface area (Å²) < 4.78 is 0. The largest absolute Gasteiger partial charge is 0.373 e. The number of aliphatic hydroxyl groups is 1. The second-order valence-corrected chi connectivity index (χ2v) is 2.79. The van der Waals surface area contributed by atoms with Crippen molar-refractivity contribution >= 4 is 6.03 Å². The van der Waals surface area contributed by atoms with Gasteiger partial charge in [0.05, 0.1) is 0 Å². The highest BCUT2D eigenvalue weighted by Crippen LogP contribution is 2.10. The first-order chi connectivity index (χ1) is 5.16. The normalized spacial score (nSPS) is 21.2. The van der Waals surface area contributed by atoms with Gasteiger partial charge in [-0.05, 0) is 6.42 Å². The molecule has 1 unspecified atom stereocenters. The Labute approximate surface area is 66.4 Å². The van der Waals surface area contributed by atoms with Crippen LogP contribution in [0.25, 0.3) is 0 Å². The molecular weight excluding hydrogens is 144 g/mol. The average molecular weight is 158 g/mol. The molecule has 1 N–H and O–H groups in total. The highest BCUT2D eigenvalue weighted by Gasteiger charge is 2.29. The molecule has 1 fully saturated rings. The van der Waals surface area contributed by atoms with Crippen molar-refractivity contribution < 1.29 is 9.90 Å². The predicted octanol–water partition coefficient (Wildman–Crippen LogP) is 0.0822. The maximum atomic E-state index is 11.2. The van der Waals surface area contributed by atoms with E-state index in [4.69, 9.17) is 0 Å². The molecule has 1 heterocycles. The zero-order valence-electron chi connectivity index (χ0n) is 6.95. The van der Waals surface area contributed by atoms with Gasteiger partial charge in [-0.15, -0.1) is 0 Å². The fourth-order valence-corrected chi connectivity index (χ4v) is 1.17. The molecule has 0 aromatic carbocycles. The molecule has 0 saturated carbocycles. The Morgan fingerprint density at radius 2 is 2.27 bits per heavy atom. The molecule has 1 rings (SSSR count). The molecular formula is C7H14N2O2. The van der Waals surface area contributed by atoms with Gasteiger partial charge in [-0.2, -0.15) is 0 Å². The van der Waals surface area contributed by atoms with Gasteiger partial charge >= 0.3 is 6.03 Å². The van der Waals surface area contributed by atoms with E-state index in [1.807, 2.05) is 6.92 Å². The van der Waals surface area contributed by atoms with E-state index in [0.717, 1.165) is 6.54 Å². The first-order valence-electron chi connectivity index (χ1n) is 3.86. The van der Waals surface area contributed by atoms with Crippen LogP contribution in [0.4, 0.5) is 4.79 Å². The van der Waals surface area contributed by atoms with Crippen LogP contribution in [0.2, 0.25) is 0 Å². The average Bonchev–Trinajstić information content (AvgIpc) is 2.32. The van der Waals surface area contributed by atoms with E-state index in [-0.39, 0.29) is 6.03 Å². The second-order valence-electron chi connectivity index (χ2n) is 2.79. The molecule has 2 amide bonds. The van der Waals surface area contributed by atoms with E-state index < -0.39 is 6.23 Å². The Hall–Kier alpha value is -0.770. The van der Waals surface area contributed by atoms with Gasteiger partial charge in [0.15, 0.2) is 0 Å². The number of amides is 2. The maximum Gasteiger partial charge on any atom is 0.321 e. The van der Waals surface area contributed by atoms with E-state index in [9.17, 15) is 9.90 Å². The molecule has 0 aliphatic carbocycles. The van der Waals surface area contributed by atoms with Crippen molar-refractivity contribution in [3.63, 3.8) is 0 Å². The van der Waals surface area contributed by atoms with Crippen molar-refractivity contribution in [3.05, 3.63) is 0 Å². The van der Waals surface area contributed by atoms with Crippen LogP contribution in [-0.2, 0) is 0 Å². The van der Waals surface area contributed by atoms with Crippen LogP contribution in [0.15, 0.2) is 0 Å². The first kappa shape index (κ1) is 8.33. The fraction of sp³-hybridized carbons (Fsp3) is 0.857. The van der Waals surface area contributed by atoms with E-state index in [0.29, 0.717) is 13.0 Å². The van der Waals surface area contributed by atoms with Gasteiger partial charge in [0.25, 0.3) is 0 Å². The van der Waals surface area contributed by atoms with Crippen molar-refractivity contribution in [2.75, 3.05) is 20.1 Å². The molecule has 1 saturated heterocycles. The van der Waals surface area contributed by atoms with Gasteiger partial charge in [-0.3, -0.25) is 4.90 Å². The molecule has 0 aromatic rings. The highest BCUT2D eigenvalue weighted by atomic mass is 16.3. The number of carbonyl (C=O) groups excluding carboxylic acids is 1. The number of urea groups is 1. The summed E-state index contributed by atoms with van der Waals surface area (Å²) >= 11 is 0. The summed E-state index contributed by atoms with van der Waals surface area (Å²) in [4.78, 5) is 14.3. The molecule has 0 aromatic heterocycles. The summed E-state index contributed by atoms with van der Waals surface area (Å²) in [5, 5.41) is 9.32. The van der Waals surface area contributed by atoms with Crippen LogP contribution in [0, 0.1) is 0 Å². The lowest BCUT2D eigenvalue weighted by molar-refractivity contribution is 0.0395. The van der Waals surface area contributed by atoms with Crippen molar-refractivity contribution in [1.29, 1.82) is 0 Å². The molecule has 4 nitrogen and oxygen atoms in total. The van der Waals surface area contributed by atoms with Crippen LogP contribution >= 0.6 is 0 Å². The van der Waals surface area contributed by atoms with Gasteiger partial charge in [-0.1, -0.05) is 6.92 Å². The van der Waals surface area contributed by atoms with Crippen LogP contribution in [0.3, 0.4) is 0 Å². The van der Waals surface area contributed by atoms with Gasteiger partial charge < -0.3 is 10.0 Å². The van der Waals surface area contributed by atoms with Crippen LogP contribution in [-0.4, -0.2) is 47.3 Å². The third-order valence-corrected chi connectivity index (χ3v) is 1.97. The summed E-state index contributed by atoms with van der Waals surface area (Å²) in [6.07, 6.45) is -0.00741. The zero-order chi connectivity index (χ0) is 8.43. The van der Waals surface area contributed by atoms with Crippen molar-refractivity contribution in [2.24, 2.45) is 0 Å².